The van der Waals surface area contributed by atoms with Crippen LogP contribution in [0, 0.1) is 13.8 Å². The van der Waals surface area contributed by atoms with Crippen LogP contribution in [0.15, 0.2) is 48.5 Å². The third kappa shape index (κ3) is 15.1. The topological polar surface area (TPSA) is 52.0 Å². The van der Waals surface area contributed by atoms with Crippen molar-refractivity contribution in [3.63, 3.8) is 0 Å². The Kier molecular flexibility index (Phi) is 20.1. The van der Waals surface area contributed by atoms with Crippen LogP contribution in [0.4, 0.5) is 11.4 Å². The maximum atomic E-state index is 5.40. The van der Waals surface area contributed by atoms with Crippen LogP contribution in [-0.2, 0) is 32.7 Å². The molecule has 0 amide bonds. The van der Waals surface area contributed by atoms with Crippen molar-refractivity contribution in [3.05, 3.63) is 73.5 Å². The first kappa shape index (κ1) is 24.9. The Morgan fingerprint density at radius 1 is 0.571 bits per heavy atom. The van der Waals surface area contributed by atoms with Crippen molar-refractivity contribution in [2.45, 2.75) is 27.7 Å². The molecule has 115 valence electrons. The van der Waals surface area contributed by atoms with Crippen LogP contribution >= 0.6 is 0 Å². The van der Waals surface area contributed by atoms with E-state index in [2.05, 4.69) is 13.8 Å². The fraction of sp³-hybridized carbons (Fsp3) is 0.222. The van der Waals surface area contributed by atoms with Gasteiger partial charge in [0.15, 0.2) is 0 Å². The van der Waals surface area contributed by atoms with Gasteiger partial charge in [0.2, 0.25) is 0 Å². The maximum absolute atomic E-state index is 5.40. The minimum Gasteiger partial charge on any atom is -0.400 e. The van der Waals surface area contributed by atoms with E-state index < -0.39 is 0 Å². The summed E-state index contributed by atoms with van der Waals surface area (Å²) in [6.07, 6.45) is 0. The summed E-state index contributed by atoms with van der Waals surface area (Å²) in [4.78, 5) is 0. The molecule has 0 aliphatic carbocycles. The molecule has 0 heterocycles. The third-order valence-electron chi connectivity index (χ3n) is 1.96. The molecule has 4 N–H and O–H groups in total. The maximum Gasteiger partial charge on any atom is 0.00678 e. The molecule has 0 aliphatic rings. The molecule has 3 heteroatoms. The van der Waals surface area contributed by atoms with Crippen molar-refractivity contribution in [3.8, 4) is 0 Å². The zero-order valence-corrected chi connectivity index (χ0v) is 16.6. The molecular formula is C18H28N2Y-2. The molecule has 0 unspecified atom stereocenters. The monoisotopic (exact) mass is 361 g/mol. The van der Waals surface area contributed by atoms with E-state index in [9.17, 15) is 0 Å². The van der Waals surface area contributed by atoms with E-state index in [4.69, 9.17) is 11.5 Å². The second-order valence-corrected chi connectivity index (χ2v) is 3.48. The van der Waals surface area contributed by atoms with Crippen LogP contribution in [0.5, 0.6) is 0 Å². The molecule has 2 aromatic carbocycles. The van der Waals surface area contributed by atoms with Gasteiger partial charge < -0.3 is 11.5 Å². The first-order valence-electron chi connectivity index (χ1n) is 6.93. The van der Waals surface area contributed by atoms with Crippen LogP contribution < -0.4 is 11.5 Å². The van der Waals surface area contributed by atoms with Gasteiger partial charge in [-0.1, -0.05) is 52.0 Å². The van der Waals surface area contributed by atoms with E-state index in [1.54, 1.807) is 0 Å². The summed E-state index contributed by atoms with van der Waals surface area (Å²) in [7, 11) is 0. The Morgan fingerprint density at radius 3 is 0.905 bits per heavy atom. The molecule has 0 saturated carbocycles. The summed E-state index contributed by atoms with van der Waals surface area (Å²) < 4.78 is 0. The average Bonchev–Trinajstić information content (AvgIpc) is 2.50. The summed E-state index contributed by atoms with van der Waals surface area (Å²) in [5, 5.41) is 0. The molecule has 0 saturated heterocycles. The largest absolute Gasteiger partial charge is 0.400 e. The number of hydrogen-bond donors (Lipinski definition) is 2. The number of hydrogen-bond acceptors (Lipinski definition) is 2. The van der Waals surface area contributed by atoms with Crippen LogP contribution in [0.1, 0.15) is 38.8 Å². The SMILES string of the molecule is CC.CC.[CH2-]c1ccc(N)cc1.[CH2-]c1ccc(N)cc1.[Y]. The van der Waals surface area contributed by atoms with Crippen molar-refractivity contribution in [1.29, 1.82) is 0 Å². The number of rotatable bonds is 0. The van der Waals surface area contributed by atoms with E-state index >= 15 is 0 Å². The standard InChI is InChI=1S/2C7H8N.2C2H6.Y/c2*1-6-2-4-7(8)5-3-6;2*1-2;/h2*2-5H,1,8H2;2*1-2H3;/q2*-1;;;. The van der Waals surface area contributed by atoms with Gasteiger partial charge >= 0.3 is 0 Å². The zero-order valence-electron chi connectivity index (χ0n) is 13.8. The molecule has 0 spiro atoms. The summed E-state index contributed by atoms with van der Waals surface area (Å²) >= 11 is 0. The fourth-order valence-corrected chi connectivity index (χ4v) is 1.04. The molecular weight excluding hydrogens is 333 g/mol. The molecule has 1 radical (unpaired) electrons. The number of anilines is 2. The molecule has 0 fully saturated rings. The van der Waals surface area contributed by atoms with Gasteiger partial charge in [-0.15, -0.1) is 0 Å². The van der Waals surface area contributed by atoms with E-state index in [-0.39, 0.29) is 32.7 Å². The molecule has 0 atom stereocenters. The molecule has 2 rings (SSSR count). The van der Waals surface area contributed by atoms with E-state index in [1.165, 1.54) is 0 Å². The van der Waals surface area contributed by atoms with Gasteiger partial charge in [-0.05, 0) is 0 Å². The third-order valence-corrected chi connectivity index (χ3v) is 1.96. The van der Waals surface area contributed by atoms with Crippen molar-refractivity contribution >= 4 is 11.4 Å². The minimum atomic E-state index is 0. The van der Waals surface area contributed by atoms with Crippen molar-refractivity contribution in [1.82, 2.24) is 0 Å². The Balaban J connectivity index is -0.000000240. The van der Waals surface area contributed by atoms with Crippen molar-refractivity contribution in [2.75, 3.05) is 11.5 Å². The van der Waals surface area contributed by atoms with Gasteiger partial charge in [-0.25, -0.2) is 0 Å². The Labute approximate surface area is 156 Å². The van der Waals surface area contributed by atoms with Crippen molar-refractivity contribution in [2.24, 2.45) is 0 Å². The minimum absolute atomic E-state index is 0. The Morgan fingerprint density at radius 2 is 0.762 bits per heavy atom. The van der Waals surface area contributed by atoms with Gasteiger partial charge in [0.25, 0.3) is 0 Å². The molecule has 2 aromatic rings. The summed E-state index contributed by atoms with van der Waals surface area (Å²) in [5.41, 5.74) is 14.4. The first-order chi connectivity index (χ1) is 9.58. The molecule has 21 heavy (non-hydrogen) atoms. The quantitative estimate of drug-likeness (QED) is 0.515. The van der Waals surface area contributed by atoms with E-state index in [1.807, 2.05) is 76.2 Å². The smallest absolute Gasteiger partial charge is 0.00678 e. The second kappa shape index (κ2) is 16.9. The predicted molar refractivity (Wildman–Crippen MR) is 93.3 cm³/mol. The van der Waals surface area contributed by atoms with Crippen LogP contribution in [0.2, 0.25) is 0 Å². The van der Waals surface area contributed by atoms with Gasteiger partial charge in [0.05, 0.1) is 0 Å². The Bertz CT molecular complexity index is 336. The number of nitrogen functional groups attached to an aromatic ring is 2. The zero-order chi connectivity index (χ0) is 16.0. The summed E-state index contributed by atoms with van der Waals surface area (Å²) in [5.74, 6) is 0. The first-order valence-corrected chi connectivity index (χ1v) is 6.93. The average molecular weight is 361 g/mol. The molecule has 0 aliphatic heterocycles. The van der Waals surface area contributed by atoms with Crippen molar-refractivity contribution < 1.29 is 32.7 Å². The second-order valence-electron chi connectivity index (χ2n) is 3.48. The number of benzene rings is 2. The normalized spacial score (nSPS) is 7.43. The van der Waals surface area contributed by atoms with Gasteiger partial charge in [-0.3, -0.25) is 0 Å². The van der Waals surface area contributed by atoms with Gasteiger partial charge in [0.1, 0.15) is 0 Å². The fourth-order valence-electron chi connectivity index (χ4n) is 1.04. The molecule has 0 aromatic heterocycles. The van der Waals surface area contributed by atoms with E-state index in [0.717, 1.165) is 22.5 Å². The van der Waals surface area contributed by atoms with Gasteiger partial charge in [-0.2, -0.15) is 49.2 Å². The molecule has 2 nitrogen and oxygen atoms in total. The van der Waals surface area contributed by atoms with Gasteiger partial charge in [0, 0.05) is 44.1 Å². The summed E-state index contributed by atoms with van der Waals surface area (Å²) in [6, 6.07) is 14.9. The molecule has 0 bridgehead atoms. The summed E-state index contributed by atoms with van der Waals surface area (Å²) in [6.45, 7) is 15.4. The van der Waals surface area contributed by atoms with Crippen LogP contribution in [-0.4, -0.2) is 0 Å². The number of nitrogens with two attached hydrogens (primary N) is 2. The van der Waals surface area contributed by atoms with E-state index in [0.29, 0.717) is 0 Å². The van der Waals surface area contributed by atoms with Crippen LogP contribution in [0.3, 0.4) is 0 Å². The Hall–Kier alpha value is -1.12. The van der Waals surface area contributed by atoms with Crippen LogP contribution in [0.25, 0.3) is 0 Å². The predicted octanol–water partition coefficient (Wildman–Crippen LogP) is 4.95.